The minimum absolute atomic E-state index is 0.376. The van der Waals surface area contributed by atoms with E-state index in [4.69, 9.17) is 17.0 Å². The summed E-state index contributed by atoms with van der Waals surface area (Å²) in [5.74, 6) is 0. The van der Waals surface area contributed by atoms with Gasteiger partial charge in [0.25, 0.3) is 0 Å². The van der Waals surface area contributed by atoms with E-state index in [-0.39, 0.29) is 0 Å². The molecule has 0 aromatic carbocycles. The summed E-state index contributed by atoms with van der Waals surface area (Å²) in [7, 11) is 3.83. The molecule has 0 radical (unpaired) electrons. The Morgan fingerprint density at radius 1 is 1.75 bits per heavy atom. The van der Waals surface area contributed by atoms with Gasteiger partial charge in [0.2, 0.25) is 0 Å². The molecule has 1 aliphatic rings. The molecule has 1 saturated heterocycles. The van der Waals surface area contributed by atoms with Gasteiger partial charge in [-0.05, 0) is 25.1 Å². The highest BCUT2D eigenvalue weighted by Gasteiger charge is 2.17. The maximum atomic E-state index is 5.49. The number of likely N-dealkylation sites (N-methyl/N-ethyl adjacent to an activating group) is 1. The highest BCUT2D eigenvalue weighted by atomic mass is 32.1. The number of ether oxygens (including phenoxy) is 1. The average molecular weight is 188 g/mol. The molecular weight excluding hydrogens is 172 g/mol. The van der Waals surface area contributed by atoms with E-state index in [2.05, 4.69) is 5.32 Å². The summed E-state index contributed by atoms with van der Waals surface area (Å²) in [5, 5.41) is 3.72. The Morgan fingerprint density at radius 2 is 2.50 bits per heavy atom. The van der Waals surface area contributed by atoms with Crippen LogP contribution in [0, 0.1) is 0 Å². The molecule has 0 amide bonds. The second-order valence-electron chi connectivity index (χ2n) is 3.07. The fraction of sp³-hybridized carbons (Fsp3) is 0.875. The van der Waals surface area contributed by atoms with Crippen molar-refractivity contribution >= 4 is 17.3 Å². The maximum absolute atomic E-state index is 5.49. The molecule has 1 heterocycles. The van der Waals surface area contributed by atoms with Crippen LogP contribution in [0.4, 0.5) is 0 Å². The quantitative estimate of drug-likeness (QED) is 0.641. The monoisotopic (exact) mass is 188 g/mol. The van der Waals surface area contributed by atoms with Crippen molar-refractivity contribution in [3.63, 3.8) is 0 Å². The molecule has 1 aliphatic heterocycles. The summed E-state index contributed by atoms with van der Waals surface area (Å²) >= 11 is 5.07. The van der Waals surface area contributed by atoms with Gasteiger partial charge >= 0.3 is 0 Å². The normalized spacial score (nSPS) is 22.3. The molecule has 1 rings (SSSR count). The maximum Gasteiger partial charge on any atom is 0.168 e. The zero-order chi connectivity index (χ0) is 8.97. The van der Waals surface area contributed by atoms with Crippen LogP contribution in [0.25, 0.3) is 0 Å². The molecule has 0 bridgehead atoms. The van der Waals surface area contributed by atoms with E-state index in [0.717, 1.165) is 24.7 Å². The Hall–Kier alpha value is -0.350. The Bertz CT molecular complexity index is 157. The van der Waals surface area contributed by atoms with Crippen LogP contribution in [-0.4, -0.2) is 43.4 Å². The van der Waals surface area contributed by atoms with Gasteiger partial charge in [0.1, 0.15) is 0 Å². The molecule has 0 aromatic rings. The van der Waals surface area contributed by atoms with Gasteiger partial charge < -0.3 is 15.0 Å². The molecule has 4 heteroatoms. The fourth-order valence-electron chi connectivity index (χ4n) is 1.37. The average Bonchev–Trinajstić information content (AvgIpc) is 2.55. The Balaban J connectivity index is 2.24. The standard InChI is InChI=1S/C8H16N2OS/c1-9-8(12)10(2)6-7-4-3-5-11-7/h7H,3-6H2,1-2H3,(H,9,12)/t7-/m0/s1. The van der Waals surface area contributed by atoms with E-state index < -0.39 is 0 Å². The summed E-state index contributed by atoms with van der Waals surface area (Å²) < 4.78 is 5.49. The number of rotatable bonds is 2. The van der Waals surface area contributed by atoms with E-state index in [1.54, 1.807) is 0 Å². The lowest BCUT2D eigenvalue weighted by molar-refractivity contribution is 0.0958. The van der Waals surface area contributed by atoms with Crippen LogP contribution in [0.15, 0.2) is 0 Å². The zero-order valence-corrected chi connectivity index (χ0v) is 8.49. The topological polar surface area (TPSA) is 24.5 Å². The van der Waals surface area contributed by atoms with Crippen molar-refractivity contribution in [1.29, 1.82) is 0 Å². The predicted octanol–water partition coefficient (Wildman–Crippen LogP) is 0.601. The van der Waals surface area contributed by atoms with Crippen molar-refractivity contribution in [3.05, 3.63) is 0 Å². The Kier molecular flexibility index (Phi) is 3.75. The highest BCUT2D eigenvalue weighted by molar-refractivity contribution is 7.80. The summed E-state index contributed by atoms with van der Waals surface area (Å²) in [6.07, 6.45) is 2.72. The van der Waals surface area contributed by atoms with Crippen LogP contribution in [-0.2, 0) is 4.74 Å². The van der Waals surface area contributed by atoms with E-state index in [0.29, 0.717) is 6.10 Å². The van der Waals surface area contributed by atoms with E-state index >= 15 is 0 Å². The third-order valence-corrected chi connectivity index (χ3v) is 2.58. The number of hydrogen-bond acceptors (Lipinski definition) is 2. The number of thiocarbonyl (C=S) groups is 1. The van der Waals surface area contributed by atoms with E-state index in [1.807, 2.05) is 19.0 Å². The van der Waals surface area contributed by atoms with Crippen LogP contribution < -0.4 is 5.32 Å². The van der Waals surface area contributed by atoms with Crippen molar-refractivity contribution in [2.45, 2.75) is 18.9 Å². The van der Waals surface area contributed by atoms with Crippen molar-refractivity contribution in [2.24, 2.45) is 0 Å². The molecule has 0 saturated carbocycles. The third-order valence-electron chi connectivity index (χ3n) is 2.06. The second-order valence-corrected chi connectivity index (χ2v) is 3.46. The van der Waals surface area contributed by atoms with E-state index in [9.17, 15) is 0 Å². The zero-order valence-electron chi connectivity index (χ0n) is 7.67. The van der Waals surface area contributed by atoms with Gasteiger partial charge in [-0.3, -0.25) is 0 Å². The lowest BCUT2D eigenvalue weighted by Gasteiger charge is -2.22. The molecule has 0 spiro atoms. The van der Waals surface area contributed by atoms with E-state index in [1.165, 1.54) is 6.42 Å². The minimum Gasteiger partial charge on any atom is -0.376 e. The van der Waals surface area contributed by atoms with Gasteiger partial charge in [-0.25, -0.2) is 0 Å². The lowest BCUT2D eigenvalue weighted by Crippen LogP contribution is -2.39. The number of nitrogens with zero attached hydrogens (tertiary/aromatic N) is 1. The SMILES string of the molecule is CNC(=S)N(C)C[C@@H]1CCCO1. The number of nitrogens with one attached hydrogen (secondary N) is 1. The van der Waals surface area contributed by atoms with Crippen molar-refractivity contribution in [3.8, 4) is 0 Å². The lowest BCUT2D eigenvalue weighted by atomic mass is 10.2. The summed E-state index contributed by atoms with van der Waals surface area (Å²) in [6.45, 7) is 1.81. The first kappa shape index (κ1) is 9.74. The molecule has 0 aliphatic carbocycles. The first-order chi connectivity index (χ1) is 5.74. The molecule has 0 aromatic heterocycles. The van der Waals surface area contributed by atoms with Gasteiger partial charge in [-0.15, -0.1) is 0 Å². The molecule has 0 unspecified atom stereocenters. The minimum atomic E-state index is 0.376. The molecule has 3 nitrogen and oxygen atoms in total. The van der Waals surface area contributed by atoms with Gasteiger partial charge in [0, 0.05) is 27.2 Å². The summed E-state index contributed by atoms with van der Waals surface area (Å²) in [4.78, 5) is 2.02. The van der Waals surface area contributed by atoms with Gasteiger partial charge in [-0.1, -0.05) is 0 Å². The second kappa shape index (κ2) is 4.62. The summed E-state index contributed by atoms with van der Waals surface area (Å²) in [5.41, 5.74) is 0. The summed E-state index contributed by atoms with van der Waals surface area (Å²) in [6, 6.07) is 0. The van der Waals surface area contributed by atoms with Crippen LogP contribution >= 0.6 is 12.2 Å². The first-order valence-electron chi connectivity index (χ1n) is 4.28. The van der Waals surface area contributed by atoms with Crippen LogP contribution in [0.3, 0.4) is 0 Å². The van der Waals surface area contributed by atoms with Gasteiger partial charge in [-0.2, -0.15) is 0 Å². The first-order valence-corrected chi connectivity index (χ1v) is 4.69. The smallest absolute Gasteiger partial charge is 0.168 e. The Labute approximate surface area is 79.1 Å². The molecule has 70 valence electrons. The van der Waals surface area contributed by atoms with Gasteiger partial charge in [0.05, 0.1) is 6.10 Å². The molecule has 1 N–H and O–H groups in total. The Morgan fingerprint density at radius 3 is 3.00 bits per heavy atom. The van der Waals surface area contributed by atoms with Crippen LogP contribution in [0.2, 0.25) is 0 Å². The van der Waals surface area contributed by atoms with Crippen LogP contribution in [0.5, 0.6) is 0 Å². The van der Waals surface area contributed by atoms with Gasteiger partial charge in [0.15, 0.2) is 5.11 Å². The molecule has 1 fully saturated rings. The van der Waals surface area contributed by atoms with Crippen molar-refractivity contribution in [2.75, 3.05) is 27.2 Å². The highest BCUT2D eigenvalue weighted by Crippen LogP contribution is 2.12. The van der Waals surface area contributed by atoms with Crippen LogP contribution in [0.1, 0.15) is 12.8 Å². The van der Waals surface area contributed by atoms with Crippen molar-refractivity contribution < 1.29 is 4.74 Å². The fourth-order valence-corrected chi connectivity index (χ4v) is 1.44. The molecule has 1 atom stereocenters. The van der Waals surface area contributed by atoms with Crippen molar-refractivity contribution in [1.82, 2.24) is 10.2 Å². The number of hydrogen-bond donors (Lipinski definition) is 1. The molecular formula is C8H16N2OS. The largest absolute Gasteiger partial charge is 0.376 e. The molecule has 12 heavy (non-hydrogen) atoms. The third kappa shape index (κ3) is 2.60. The predicted molar refractivity (Wildman–Crippen MR) is 53.3 cm³/mol.